The van der Waals surface area contributed by atoms with Gasteiger partial charge in [-0.05, 0) is 86.1 Å². The molecule has 0 aliphatic heterocycles. The van der Waals surface area contributed by atoms with Gasteiger partial charge in [-0.2, -0.15) is 5.10 Å². The van der Waals surface area contributed by atoms with Gasteiger partial charge < -0.3 is 10.3 Å². The molecule has 5 rings (SSSR count). The van der Waals surface area contributed by atoms with Crippen LogP contribution in [0.2, 0.25) is 0 Å². The molecule has 1 fully saturated rings. The smallest absolute Gasteiger partial charge is 0.159 e. The van der Waals surface area contributed by atoms with Crippen LogP contribution in [0.5, 0.6) is 0 Å². The highest BCUT2D eigenvalue weighted by Gasteiger charge is 2.24. The van der Waals surface area contributed by atoms with Gasteiger partial charge in [0, 0.05) is 28.4 Å². The number of nitrogens with zero attached hydrogens (tertiary/aromatic N) is 3. The highest BCUT2D eigenvalue weighted by Crippen LogP contribution is 2.36. The van der Waals surface area contributed by atoms with Crippen LogP contribution >= 0.6 is 0 Å². The Bertz CT molecular complexity index is 1760. The highest BCUT2D eigenvalue weighted by atomic mass is 19.1. The first-order valence-corrected chi connectivity index (χ1v) is 13.2. The minimum Gasteiger partial charge on any atom is -0.358 e. The van der Waals surface area contributed by atoms with Crippen molar-refractivity contribution in [2.24, 2.45) is 5.92 Å². The molecule has 4 aromatic rings. The summed E-state index contributed by atoms with van der Waals surface area (Å²) in [6, 6.07) is 7.01. The SMILES string of the molecule is C=C/C=C(/c1cc(C)cc(F)c1)c1nc(-c2n[nH]/c(=C/C=C(\C)c3cncc(NC(=C)C4CC4)c3)c2=C)[nH]c1C. The lowest BCUT2D eigenvalue weighted by atomic mass is 9.99. The zero-order valence-corrected chi connectivity index (χ0v) is 23.1. The first kappa shape index (κ1) is 26.8. The number of H-pyrrole nitrogens is 2. The standard InChI is InChI=1S/C33H33FN6/c1-7-8-29(25-13-19(2)14-27(34)15-25)32-23(6)37-33(38-32)31-21(4)30(39-40-31)12-9-20(3)26-16-28(18-35-17-26)36-22(5)24-10-11-24/h7-9,12-18,24,36,39H,1,4-5,10-11H2,2-3,6H3,(H,37,38)/b20-9+,29-8-,30-12+. The zero-order valence-electron chi connectivity index (χ0n) is 23.1. The minimum absolute atomic E-state index is 0.295. The Labute approximate surface area is 233 Å². The van der Waals surface area contributed by atoms with Crippen molar-refractivity contribution in [1.82, 2.24) is 25.1 Å². The summed E-state index contributed by atoms with van der Waals surface area (Å²) in [5, 5.41) is 12.4. The van der Waals surface area contributed by atoms with Crippen LogP contribution in [0, 0.1) is 25.6 Å². The van der Waals surface area contributed by atoms with E-state index in [-0.39, 0.29) is 5.82 Å². The van der Waals surface area contributed by atoms with Crippen molar-refractivity contribution in [2.75, 3.05) is 5.32 Å². The molecule has 3 N–H and O–H groups in total. The highest BCUT2D eigenvalue weighted by molar-refractivity contribution is 5.81. The molecule has 1 aliphatic rings. The molecule has 1 aromatic carbocycles. The first-order chi connectivity index (χ1) is 19.2. The van der Waals surface area contributed by atoms with E-state index in [0.717, 1.165) is 55.5 Å². The third kappa shape index (κ3) is 5.78. The van der Waals surface area contributed by atoms with Crippen LogP contribution in [0.25, 0.3) is 35.3 Å². The summed E-state index contributed by atoms with van der Waals surface area (Å²) in [6.45, 7) is 18.1. The number of aromatic nitrogens is 5. The molecule has 7 heteroatoms. The zero-order chi connectivity index (χ0) is 28.4. The second-order valence-corrected chi connectivity index (χ2v) is 10.3. The normalized spacial score (nSPS) is 14.4. The maximum Gasteiger partial charge on any atom is 0.159 e. The molecule has 0 bridgehead atoms. The van der Waals surface area contributed by atoms with E-state index < -0.39 is 0 Å². The third-order valence-electron chi connectivity index (χ3n) is 6.97. The van der Waals surface area contributed by atoms with Gasteiger partial charge in [0.05, 0.1) is 22.9 Å². The predicted molar refractivity (Wildman–Crippen MR) is 162 cm³/mol. The van der Waals surface area contributed by atoms with Crippen molar-refractivity contribution >= 4 is 29.5 Å². The number of nitrogens with one attached hydrogen (secondary N) is 3. The van der Waals surface area contributed by atoms with Crippen molar-refractivity contribution in [1.29, 1.82) is 0 Å². The van der Waals surface area contributed by atoms with Crippen molar-refractivity contribution in [3.63, 3.8) is 0 Å². The van der Waals surface area contributed by atoms with Crippen LogP contribution in [0.1, 0.15) is 47.8 Å². The molecule has 0 saturated heterocycles. The number of hydrogen-bond donors (Lipinski definition) is 3. The summed E-state index contributed by atoms with van der Waals surface area (Å²) >= 11 is 0. The van der Waals surface area contributed by atoms with E-state index in [4.69, 9.17) is 4.98 Å². The van der Waals surface area contributed by atoms with Crippen molar-refractivity contribution in [3.8, 4) is 11.5 Å². The lowest BCUT2D eigenvalue weighted by Gasteiger charge is -2.09. The summed E-state index contributed by atoms with van der Waals surface area (Å²) in [4.78, 5) is 12.5. The fraction of sp³-hybridized carbons (Fsp3) is 0.182. The topological polar surface area (TPSA) is 82.3 Å². The summed E-state index contributed by atoms with van der Waals surface area (Å²) < 4.78 is 14.2. The van der Waals surface area contributed by atoms with Gasteiger partial charge in [-0.3, -0.25) is 10.1 Å². The van der Waals surface area contributed by atoms with Crippen LogP contribution in [0.3, 0.4) is 0 Å². The lowest BCUT2D eigenvalue weighted by Crippen LogP contribution is -2.21. The van der Waals surface area contributed by atoms with E-state index in [1.807, 2.05) is 57.5 Å². The van der Waals surface area contributed by atoms with Gasteiger partial charge >= 0.3 is 0 Å². The molecule has 6 nitrogen and oxygen atoms in total. The van der Waals surface area contributed by atoms with E-state index in [0.29, 0.717) is 23.1 Å². The number of imidazole rings is 1. The van der Waals surface area contributed by atoms with Crippen molar-refractivity contribution in [3.05, 3.63) is 118 Å². The summed E-state index contributed by atoms with van der Waals surface area (Å²) in [5.41, 5.74) is 8.53. The van der Waals surface area contributed by atoms with Gasteiger partial charge in [0.15, 0.2) is 5.82 Å². The number of aryl methyl sites for hydroxylation is 2. The maximum absolute atomic E-state index is 14.2. The number of benzene rings is 1. The van der Waals surface area contributed by atoms with Gasteiger partial charge in [-0.15, -0.1) is 0 Å². The van der Waals surface area contributed by atoms with E-state index in [1.165, 1.54) is 25.0 Å². The van der Waals surface area contributed by atoms with Crippen molar-refractivity contribution < 1.29 is 4.39 Å². The van der Waals surface area contributed by atoms with Crippen LogP contribution in [-0.2, 0) is 0 Å². The Hall–Kier alpha value is -4.78. The van der Waals surface area contributed by atoms with Crippen LogP contribution in [0.4, 0.5) is 10.1 Å². The number of rotatable bonds is 9. The average molecular weight is 533 g/mol. The van der Waals surface area contributed by atoms with Gasteiger partial charge in [0.25, 0.3) is 0 Å². The Kier molecular flexibility index (Phi) is 7.47. The number of pyridine rings is 1. The molecular weight excluding hydrogens is 499 g/mol. The molecular formula is C33H33FN6. The lowest BCUT2D eigenvalue weighted by molar-refractivity contribution is 0.626. The fourth-order valence-corrected chi connectivity index (χ4v) is 4.62. The van der Waals surface area contributed by atoms with Crippen LogP contribution < -0.4 is 15.9 Å². The fourth-order valence-electron chi connectivity index (χ4n) is 4.62. The monoisotopic (exact) mass is 532 g/mol. The number of anilines is 1. The Morgan fingerprint density at radius 1 is 1.10 bits per heavy atom. The third-order valence-corrected chi connectivity index (χ3v) is 6.97. The molecule has 3 heterocycles. The maximum atomic E-state index is 14.2. The van der Waals surface area contributed by atoms with Crippen molar-refractivity contribution in [2.45, 2.75) is 33.6 Å². The van der Waals surface area contributed by atoms with Gasteiger partial charge in [-0.1, -0.05) is 44.0 Å². The van der Waals surface area contributed by atoms with E-state index in [1.54, 1.807) is 6.08 Å². The number of hydrogen-bond acceptors (Lipinski definition) is 4. The molecule has 1 saturated carbocycles. The molecule has 0 spiro atoms. The van der Waals surface area contributed by atoms with Gasteiger partial charge in [0.2, 0.25) is 0 Å². The Morgan fingerprint density at radius 2 is 1.90 bits per heavy atom. The Morgan fingerprint density at radius 3 is 2.62 bits per heavy atom. The van der Waals surface area contributed by atoms with E-state index in [2.05, 4.69) is 51.3 Å². The predicted octanol–water partition coefficient (Wildman–Crippen LogP) is 6.20. The van der Waals surface area contributed by atoms with Gasteiger partial charge in [-0.25, -0.2) is 9.37 Å². The second kappa shape index (κ2) is 11.1. The number of allylic oxidation sites excluding steroid dienone is 5. The molecule has 202 valence electrons. The Balaban J connectivity index is 1.43. The first-order valence-electron chi connectivity index (χ1n) is 13.2. The molecule has 0 atom stereocenters. The summed E-state index contributed by atoms with van der Waals surface area (Å²) in [5.74, 6) is 0.857. The van der Waals surface area contributed by atoms with Crippen LogP contribution in [0.15, 0.2) is 73.7 Å². The van der Waals surface area contributed by atoms with Gasteiger partial charge in [0.1, 0.15) is 11.5 Å². The summed E-state index contributed by atoms with van der Waals surface area (Å²) in [7, 11) is 0. The molecule has 0 radical (unpaired) electrons. The molecule has 40 heavy (non-hydrogen) atoms. The quantitative estimate of drug-likeness (QED) is 0.224. The molecule has 3 aromatic heterocycles. The number of halogens is 1. The molecule has 1 aliphatic carbocycles. The molecule has 0 unspecified atom stereocenters. The average Bonchev–Trinajstić information content (AvgIpc) is 3.62. The van der Waals surface area contributed by atoms with Crippen LogP contribution in [-0.4, -0.2) is 25.1 Å². The molecule has 0 amide bonds. The van der Waals surface area contributed by atoms with E-state index >= 15 is 0 Å². The summed E-state index contributed by atoms with van der Waals surface area (Å²) in [6.07, 6.45) is 13.5. The second-order valence-electron chi connectivity index (χ2n) is 10.3. The van der Waals surface area contributed by atoms with E-state index in [9.17, 15) is 4.39 Å². The largest absolute Gasteiger partial charge is 0.358 e. The minimum atomic E-state index is -0.295. The number of aromatic amines is 2.